The van der Waals surface area contributed by atoms with Crippen molar-refractivity contribution in [1.29, 1.82) is 0 Å². The lowest BCUT2D eigenvalue weighted by Crippen LogP contribution is -2.35. The minimum absolute atomic E-state index is 0. The predicted octanol–water partition coefficient (Wildman–Crippen LogP) is 3.10. The van der Waals surface area contributed by atoms with Crippen molar-refractivity contribution in [1.82, 2.24) is 5.32 Å². The zero-order valence-corrected chi connectivity index (χ0v) is 12.7. The van der Waals surface area contributed by atoms with Gasteiger partial charge in [0.15, 0.2) is 5.76 Å². The number of benzene rings is 1. The third-order valence-electron chi connectivity index (χ3n) is 4.02. The van der Waals surface area contributed by atoms with Gasteiger partial charge in [0.05, 0.1) is 0 Å². The summed E-state index contributed by atoms with van der Waals surface area (Å²) in [6, 6.07) is 9.72. The molecule has 0 radical (unpaired) electrons. The van der Waals surface area contributed by atoms with Crippen molar-refractivity contribution in [3.8, 4) is 0 Å². The monoisotopic (exact) mass is 308 g/mol. The Hall–Kier alpha value is -1.52. The van der Waals surface area contributed by atoms with E-state index in [0.29, 0.717) is 18.2 Å². The second-order valence-electron chi connectivity index (χ2n) is 5.65. The van der Waals surface area contributed by atoms with E-state index in [1.54, 1.807) is 6.07 Å². The van der Waals surface area contributed by atoms with Crippen molar-refractivity contribution in [3.63, 3.8) is 0 Å². The summed E-state index contributed by atoms with van der Waals surface area (Å²) in [5, 5.41) is 3.92. The van der Waals surface area contributed by atoms with Gasteiger partial charge in [-0.1, -0.05) is 24.6 Å². The van der Waals surface area contributed by atoms with Crippen LogP contribution in [0.5, 0.6) is 0 Å². The van der Waals surface area contributed by atoms with Gasteiger partial charge in [-0.25, -0.2) is 0 Å². The van der Waals surface area contributed by atoms with Crippen molar-refractivity contribution in [2.45, 2.75) is 31.7 Å². The molecule has 1 aromatic carbocycles. The zero-order chi connectivity index (χ0) is 13.9. The number of rotatable bonds is 3. The van der Waals surface area contributed by atoms with Gasteiger partial charge in [-0.2, -0.15) is 0 Å². The van der Waals surface area contributed by atoms with Crippen LogP contribution in [0, 0.1) is 5.92 Å². The number of carbonyl (C=O) groups is 1. The van der Waals surface area contributed by atoms with Crippen molar-refractivity contribution in [2.75, 3.05) is 6.54 Å². The average Bonchev–Trinajstić information content (AvgIpc) is 2.89. The van der Waals surface area contributed by atoms with Crippen LogP contribution in [-0.2, 0) is 0 Å². The molecule has 21 heavy (non-hydrogen) atoms. The minimum Gasteiger partial charge on any atom is -0.451 e. The Morgan fingerprint density at radius 1 is 1.33 bits per heavy atom. The molecule has 1 aromatic heterocycles. The largest absolute Gasteiger partial charge is 0.451 e. The fourth-order valence-corrected chi connectivity index (χ4v) is 2.94. The molecule has 114 valence electrons. The van der Waals surface area contributed by atoms with Gasteiger partial charge in [-0.05, 0) is 37.3 Å². The standard InChI is InChI=1S/C16H20N2O2.ClH/c17-13-6-3-4-11(8-13)10-18-16(19)15-9-12-5-1-2-7-14(12)20-15;/h1-2,5,7,9,11,13H,3-4,6,8,10,17H2,(H,18,19);1H. The Balaban J connectivity index is 0.00000161. The first-order valence-electron chi connectivity index (χ1n) is 7.25. The van der Waals surface area contributed by atoms with E-state index in [9.17, 15) is 4.79 Å². The minimum atomic E-state index is -0.139. The Bertz CT molecular complexity index is 578. The number of furan rings is 1. The van der Waals surface area contributed by atoms with Crippen LogP contribution in [0.25, 0.3) is 11.0 Å². The van der Waals surface area contributed by atoms with Crippen molar-refractivity contribution >= 4 is 29.3 Å². The number of nitrogens with two attached hydrogens (primary N) is 1. The lowest BCUT2D eigenvalue weighted by molar-refractivity contribution is 0.0917. The lowest BCUT2D eigenvalue weighted by Gasteiger charge is -2.26. The fourth-order valence-electron chi connectivity index (χ4n) is 2.94. The number of carbonyl (C=O) groups excluding carboxylic acids is 1. The summed E-state index contributed by atoms with van der Waals surface area (Å²) in [5.74, 6) is 0.735. The van der Waals surface area contributed by atoms with Gasteiger partial charge in [0.2, 0.25) is 0 Å². The second kappa shape index (κ2) is 6.96. The second-order valence-corrected chi connectivity index (χ2v) is 5.65. The molecule has 4 nitrogen and oxygen atoms in total. The quantitative estimate of drug-likeness (QED) is 0.915. The van der Waals surface area contributed by atoms with Crippen LogP contribution in [0.1, 0.15) is 36.2 Å². The summed E-state index contributed by atoms with van der Waals surface area (Å²) in [6.45, 7) is 0.684. The van der Waals surface area contributed by atoms with Gasteiger partial charge < -0.3 is 15.5 Å². The van der Waals surface area contributed by atoms with Crippen LogP contribution in [0.15, 0.2) is 34.7 Å². The van der Waals surface area contributed by atoms with E-state index in [0.717, 1.165) is 36.7 Å². The molecule has 1 heterocycles. The molecule has 2 aromatic rings. The van der Waals surface area contributed by atoms with Gasteiger partial charge in [-0.15, -0.1) is 12.4 Å². The number of para-hydroxylation sites is 1. The summed E-state index contributed by atoms with van der Waals surface area (Å²) >= 11 is 0. The molecular weight excluding hydrogens is 288 g/mol. The smallest absolute Gasteiger partial charge is 0.287 e. The first-order chi connectivity index (χ1) is 9.72. The molecule has 1 amide bonds. The number of nitrogens with one attached hydrogen (secondary N) is 1. The molecule has 3 N–H and O–H groups in total. The summed E-state index contributed by atoms with van der Waals surface area (Å²) in [4.78, 5) is 12.1. The SMILES string of the molecule is Cl.NC1CCCC(CNC(=O)c2cc3ccccc3o2)C1. The van der Waals surface area contributed by atoms with Crippen LogP contribution in [-0.4, -0.2) is 18.5 Å². The molecule has 2 atom stereocenters. The van der Waals surface area contributed by atoms with Gasteiger partial charge in [-0.3, -0.25) is 4.79 Å². The first kappa shape index (κ1) is 15.9. The van der Waals surface area contributed by atoms with Crippen molar-refractivity contribution in [2.24, 2.45) is 11.7 Å². The van der Waals surface area contributed by atoms with Crippen molar-refractivity contribution < 1.29 is 9.21 Å². The maximum absolute atomic E-state index is 12.1. The van der Waals surface area contributed by atoms with E-state index in [1.165, 1.54) is 0 Å². The molecule has 3 rings (SSSR count). The Labute approximate surface area is 130 Å². The molecule has 0 spiro atoms. The fraction of sp³-hybridized carbons (Fsp3) is 0.438. The maximum Gasteiger partial charge on any atom is 0.287 e. The van der Waals surface area contributed by atoms with Crippen LogP contribution >= 0.6 is 12.4 Å². The highest BCUT2D eigenvalue weighted by atomic mass is 35.5. The summed E-state index contributed by atoms with van der Waals surface area (Å²) in [6.07, 6.45) is 4.41. The topological polar surface area (TPSA) is 68.3 Å². The molecule has 1 saturated carbocycles. The molecule has 1 aliphatic rings. The summed E-state index contributed by atoms with van der Waals surface area (Å²) in [7, 11) is 0. The highest BCUT2D eigenvalue weighted by Gasteiger charge is 2.20. The van der Waals surface area contributed by atoms with Crippen LogP contribution < -0.4 is 11.1 Å². The van der Waals surface area contributed by atoms with Crippen LogP contribution in [0.2, 0.25) is 0 Å². The zero-order valence-electron chi connectivity index (χ0n) is 11.9. The van der Waals surface area contributed by atoms with E-state index in [2.05, 4.69) is 5.32 Å². The van der Waals surface area contributed by atoms with E-state index in [4.69, 9.17) is 10.2 Å². The number of hydrogen-bond acceptors (Lipinski definition) is 3. The van der Waals surface area contributed by atoms with Gasteiger partial charge >= 0.3 is 0 Å². The molecule has 0 bridgehead atoms. The molecule has 0 saturated heterocycles. The maximum atomic E-state index is 12.1. The molecule has 1 aliphatic carbocycles. The van der Waals surface area contributed by atoms with E-state index in [1.807, 2.05) is 24.3 Å². The first-order valence-corrected chi connectivity index (χ1v) is 7.25. The number of fused-ring (bicyclic) bond motifs is 1. The van der Waals surface area contributed by atoms with Gasteiger partial charge in [0.25, 0.3) is 5.91 Å². The third-order valence-corrected chi connectivity index (χ3v) is 4.02. The van der Waals surface area contributed by atoms with Crippen molar-refractivity contribution in [3.05, 3.63) is 36.1 Å². The molecular formula is C16H21ClN2O2. The molecule has 1 fully saturated rings. The average molecular weight is 309 g/mol. The van der Waals surface area contributed by atoms with Gasteiger partial charge in [0, 0.05) is 18.0 Å². The molecule has 2 unspecified atom stereocenters. The normalized spacial score (nSPS) is 21.8. The van der Waals surface area contributed by atoms with E-state index in [-0.39, 0.29) is 24.4 Å². The molecule has 5 heteroatoms. The van der Waals surface area contributed by atoms with E-state index >= 15 is 0 Å². The van der Waals surface area contributed by atoms with Gasteiger partial charge in [0.1, 0.15) is 5.58 Å². The lowest BCUT2D eigenvalue weighted by atomic mass is 9.86. The van der Waals surface area contributed by atoms with Crippen LogP contribution in [0.3, 0.4) is 0 Å². The highest BCUT2D eigenvalue weighted by Crippen LogP contribution is 2.23. The Morgan fingerprint density at radius 2 is 2.14 bits per heavy atom. The summed E-state index contributed by atoms with van der Waals surface area (Å²) in [5.41, 5.74) is 6.71. The number of halogens is 1. The highest BCUT2D eigenvalue weighted by molar-refractivity contribution is 5.96. The number of hydrogen-bond donors (Lipinski definition) is 2. The predicted molar refractivity (Wildman–Crippen MR) is 85.7 cm³/mol. The molecule has 0 aliphatic heterocycles. The number of amides is 1. The van der Waals surface area contributed by atoms with E-state index < -0.39 is 0 Å². The van der Waals surface area contributed by atoms with Crippen LogP contribution in [0.4, 0.5) is 0 Å². The Morgan fingerprint density at radius 3 is 2.90 bits per heavy atom. The third kappa shape index (κ3) is 3.77. The Kier molecular flexibility index (Phi) is 5.26. The summed E-state index contributed by atoms with van der Waals surface area (Å²) < 4.78 is 5.55.